The van der Waals surface area contributed by atoms with Crippen LogP contribution >= 0.6 is 0 Å². The third kappa shape index (κ3) is 2.84. The minimum Gasteiger partial charge on any atom is -0.338 e. The Kier molecular flexibility index (Phi) is 4.07. The van der Waals surface area contributed by atoms with Crippen molar-refractivity contribution in [3.63, 3.8) is 0 Å². The first-order valence-electron chi connectivity index (χ1n) is 10.0. The summed E-state index contributed by atoms with van der Waals surface area (Å²) in [5.74, 6) is -0.0274. The smallest absolute Gasteiger partial charge is 0.327 e. The van der Waals surface area contributed by atoms with E-state index in [2.05, 4.69) is 0 Å². The average Bonchev–Trinajstić information content (AvgIpc) is 3.51. The third-order valence-corrected chi connectivity index (χ3v) is 6.15. The van der Waals surface area contributed by atoms with Crippen LogP contribution in [0.4, 0.5) is 4.79 Å². The van der Waals surface area contributed by atoms with E-state index in [1.165, 1.54) is 4.90 Å². The number of urea groups is 1. The lowest BCUT2D eigenvalue weighted by atomic mass is 10.00. The van der Waals surface area contributed by atoms with Crippen LogP contribution in [0.2, 0.25) is 0 Å². The minimum atomic E-state index is -0.133. The largest absolute Gasteiger partial charge is 0.338 e. The molecule has 2 saturated heterocycles. The van der Waals surface area contributed by atoms with Crippen LogP contribution in [0.15, 0.2) is 42.5 Å². The number of carbonyl (C=O) groups excluding carboxylic acids is 3. The molecule has 0 radical (unpaired) electrons. The van der Waals surface area contributed by atoms with Gasteiger partial charge in [-0.05, 0) is 42.5 Å². The van der Waals surface area contributed by atoms with Crippen molar-refractivity contribution >= 4 is 28.6 Å². The van der Waals surface area contributed by atoms with Crippen LogP contribution in [0.25, 0.3) is 10.8 Å². The Bertz CT molecular complexity index is 955. The Morgan fingerprint density at radius 3 is 2.32 bits per heavy atom. The SMILES string of the molecule is O=C(c1cccc2ccccc12)N1CCC(N2CC(=O)N(C3CC3)C2=O)CC1. The van der Waals surface area contributed by atoms with Gasteiger partial charge in [-0.1, -0.05) is 36.4 Å². The molecule has 1 saturated carbocycles. The minimum absolute atomic E-state index is 0.0387. The van der Waals surface area contributed by atoms with Crippen molar-refractivity contribution in [3.05, 3.63) is 48.0 Å². The zero-order valence-corrected chi connectivity index (χ0v) is 15.7. The van der Waals surface area contributed by atoms with E-state index in [9.17, 15) is 14.4 Å². The first-order chi connectivity index (χ1) is 13.6. The number of piperidine rings is 1. The summed E-state index contributed by atoms with van der Waals surface area (Å²) in [6.45, 7) is 1.40. The number of rotatable bonds is 3. The summed E-state index contributed by atoms with van der Waals surface area (Å²) in [6.07, 6.45) is 3.30. The molecule has 0 unspecified atom stereocenters. The number of hydrogen-bond donors (Lipinski definition) is 0. The molecule has 2 heterocycles. The van der Waals surface area contributed by atoms with Crippen molar-refractivity contribution in [2.24, 2.45) is 0 Å². The number of benzene rings is 2. The van der Waals surface area contributed by atoms with E-state index in [4.69, 9.17) is 0 Å². The first kappa shape index (κ1) is 17.2. The molecule has 1 aliphatic carbocycles. The van der Waals surface area contributed by atoms with Gasteiger partial charge in [0.15, 0.2) is 0 Å². The Labute approximate surface area is 163 Å². The zero-order valence-electron chi connectivity index (χ0n) is 15.7. The Morgan fingerprint density at radius 1 is 0.857 bits per heavy atom. The van der Waals surface area contributed by atoms with Crippen molar-refractivity contribution in [3.8, 4) is 0 Å². The van der Waals surface area contributed by atoms with Crippen LogP contribution < -0.4 is 0 Å². The van der Waals surface area contributed by atoms with Gasteiger partial charge in [-0.25, -0.2) is 4.79 Å². The van der Waals surface area contributed by atoms with Gasteiger partial charge in [0.2, 0.25) is 0 Å². The maximum absolute atomic E-state index is 13.1. The predicted octanol–water partition coefficient (Wildman–Crippen LogP) is 2.87. The van der Waals surface area contributed by atoms with E-state index >= 15 is 0 Å². The number of fused-ring (bicyclic) bond motifs is 1. The molecule has 2 aromatic rings. The average molecular weight is 377 g/mol. The fourth-order valence-electron chi connectivity index (χ4n) is 4.48. The summed E-state index contributed by atoms with van der Waals surface area (Å²) in [6, 6.07) is 13.8. The molecule has 3 fully saturated rings. The molecule has 28 heavy (non-hydrogen) atoms. The van der Waals surface area contributed by atoms with Gasteiger partial charge in [0.05, 0.1) is 0 Å². The van der Waals surface area contributed by atoms with Gasteiger partial charge in [-0.15, -0.1) is 0 Å². The van der Waals surface area contributed by atoms with Crippen molar-refractivity contribution < 1.29 is 14.4 Å². The maximum Gasteiger partial charge on any atom is 0.327 e. The van der Waals surface area contributed by atoms with E-state index in [-0.39, 0.29) is 36.5 Å². The molecule has 2 aliphatic heterocycles. The lowest BCUT2D eigenvalue weighted by Gasteiger charge is -2.36. The second-order valence-electron chi connectivity index (χ2n) is 7.96. The molecule has 0 bridgehead atoms. The molecule has 2 aromatic carbocycles. The molecule has 0 N–H and O–H groups in total. The van der Waals surface area contributed by atoms with Crippen LogP contribution in [-0.2, 0) is 4.79 Å². The number of hydrogen-bond acceptors (Lipinski definition) is 3. The molecule has 0 aromatic heterocycles. The van der Waals surface area contributed by atoms with Crippen molar-refractivity contribution in [1.29, 1.82) is 0 Å². The summed E-state index contributed by atoms with van der Waals surface area (Å²) in [4.78, 5) is 43.0. The zero-order chi connectivity index (χ0) is 19.3. The second kappa shape index (κ2) is 6.62. The Balaban J connectivity index is 1.28. The quantitative estimate of drug-likeness (QED) is 0.773. The normalized spacial score (nSPS) is 21.1. The number of imide groups is 1. The molecular formula is C22H23N3O3. The van der Waals surface area contributed by atoms with Gasteiger partial charge >= 0.3 is 6.03 Å². The van der Waals surface area contributed by atoms with Gasteiger partial charge in [0, 0.05) is 30.7 Å². The topological polar surface area (TPSA) is 60.9 Å². The summed E-state index contributed by atoms with van der Waals surface area (Å²) < 4.78 is 0. The highest BCUT2D eigenvalue weighted by Gasteiger charge is 2.47. The summed E-state index contributed by atoms with van der Waals surface area (Å²) in [5, 5.41) is 2.03. The van der Waals surface area contributed by atoms with Crippen molar-refractivity contribution in [2.45, 2.75) is 37.8 Å². The van der Waals surface area contributed by atoms with Gasteiger partial charge in [-0.3, -0.25) is 14.5 Å². The fraction of sp³-hybridized carbons (Fsp3) is 0.409. The predicted molar refractivity (Wildman–Crippen MR) is 105 cm³/mol. The highest BCUT2D eigenvalue weighted by Crippen LogP contribution is 2.33. The van der Waals surface area contributed by atoms with Crippen molar-refractivity contribution in [1.82, 2.24) is 14.7 Å². The molecule has 144 valence electrons. The third-order valence-electron chi connectivity index (χ3n) is 6.15. The van der Waals surface area contributed by atoms with Crippen LogP contribution in [0, 0.1) is 0 Å². The van der Waals surface area contributed by atoms with E-state index < -0.39 is 0 Å². The summed E-state index contributed by atoms with van der Waals surface area (Å²) in [7, 11) is 0. The molecule has 0 spiro atoms. The van der Waals surface area contributed by atoms with E-state index in [1.54, 1.807) is 4.90 Å². The lowest BCUT2D eigenvalue weighted by molar-refractivity contribution is -0.125. The number of likely N-dealkylation sites (tertiary alicyclic amines) is 1. The Hall–Kier alpha value is -2.89. The van der Waals surface area contributed by atoms with Gasteiger partial charge in [0.1, 0.15) is 6.54 Å². The standard InChI is InChI=1S/C22H23N3O3/c26-20-14-24(22(28)25(20)17-8-9-17)16-10-12-23(13-11-16)21(27)19-7-3-5-15-4-1-2-6-18(15)19/h1-7,16-17H,8-14H2. The van der Waals surface area contributed by atoms with Gasteiger partial charge in [-0.2, -0.15) is 0 Å². The molecule has 3 aliphatic rings. The van der Waals surface area contributed by atoms with Crippen LogP contribution in [-0.4, -0.2) is 64.3 Å². The highest BCUT2D eigenvalue weighted by molar-refractivity contribution is 6.07. The molecule has 4 amide bonds. The first-order valence-corrected chi connectivity index (χ1v) is 10.0. The lowest BCUT2D eigenvalue weighted by Crippen LogP contribution is -2.48. The maximum atomic E-state index is 13.1. The van der Waals surface area contributed by atoms with Gasteiger partial charge in [0.25, 0.3) is 11.8 Å². The number of amides is 4. The second-order valence-corrected chi connectivity index (χ2v) is 7.96. The Morgan fingerprint density at radius 2 is 1.57 bits per heavy atom. The molecule has 6 heteroatoms. The van der Waals surface area contributed by atoms with E-state index in [1.807, 2.05) is 47.4 Å². The van der Waals surface area contributed by atoms with Crippen LogP contribution in [0.5, 0.6) is 0 Å². The number of nitrogens with zero attached hydrogens (tertiary/aromatic N) is 3. The van der Waals surface area contributed by atoms with E-state index in [0.29, 0.717) is 25.9 Å². The van der Waals surface area contributed by atoms with Crippen molar-refractivity contribution in [2.75, 3.05) is 19.6 Å². The summed E-state index contributed by atoms with van der Waals surface area (Å²) >= 11 is 0. The van der Waals surface area contributed by atoms with Crippen LogP contribution in [0.1, 0.15) is 36.0 Å². The van der Waals surface area contributed by atoms with E-state index in [0.717, 1.165) is 29.2 Å². The molecule has 0 atom stereocenters. The molecule has 5 rings (SSSR count). The van der Waals surface area contributed by atoms with Gasteiger partial charge < -0.3 is 9.80 Å². The highest BCUT2D eigenvalue weighted by atomic mass is 16.2. The monoisotopic (exact) mass is 377 g/mol. The number of carbonyl (C=O) groups is 3. The molecular weight excluding hydrogens is 354 g/mol. The van der Waals surface area contributed by atoms with Crippen LogP contribution in [0.3, 0.4) is 0 Å². The fourth-order valence-corrected chi connectivity index (χ4v) is 4.48. The molecule has 6 nitrogen and oxygen atoms in total. The summed E-state index contributed by atoms with van der Waals surface area (Å²) in [5.41, 5.74) is 0.726.